The lowest BCUT2D eigenvalue weighted by Gasteiger charge is -2.31. The van der Waals surface area contributed by atoms with Crippen LogP contribution in [0.1, 0.15) is 42.9 Å². The van der Waals surface area contributed by atoms with E-state index < -0.39 is 17.7 Å². The highest BCUT2D eigenvalue weighted by Crippen LogP contribution is 2.44. The molecule has 166 valence electrons. The number of phenols is 1. The van der Waals surface area contributed by atoms with Crippen molar-refractivity contribution in [2.75, 3.05) is 25.1 Å². The summed E-state index contributed by atoms with van der Waals surface area (Å²) in [7, 11) is 1.95. The molecule has 7 heteroatoms. The fraction of sp³-hybridized carbons (Fsp3) is 0.360. The molecule has 1 amide bonds. The Kier molecular flexibility index (Phi) is 5.04. The van der Waals surface area contributed by atoms with E-state index in [0.717, 1.165) is 43.7 Å². The number of anilines is 1. The first kappa shape index (κ1) is 20.4. The van der Waals surface area contributed by atoms with Crippen molar-refractivity contribution in [2.24, 2.45) is 0 Å². The van der Waals surface area contributed by atoms with E-state index in [0.29, 0.717) is 17.7 Å². The Morgan fingerprint density at radius 1 is 1.06 bits per heavy atom. The van der Waals surface area contributed by atoms with Crippen LogP contribution in [-0.4, -0.2) is 53.0 Å². The average Bonchev–Trinajstić information content (AvgIpc) is 3.41. The molecule has 3 aliphatic rings. The van der Waals surface area contributed by atoms with Crippen molar-refractivity contribution in [2.45, 2.75) is 37.8 Å². The van der Waals surface area contributed by atoms with E-state index in [-0.39, 0.29) is 23.1 Å². The Labute approximate surface area is 186 Å². The summed E-state index contributed by atoms with van der Waals surface area (Å²) in [5.41, 5.74) is 2.07. The van der Waals surface area contributed by atoms with Crippen LogP contribution in [0.3, 0.4) is 0 Å². The number of aliphatic hydroxyl groups is 1. The minimum absolute atomic E-state index is 0.0429. The zero-order valence-electron chi connectivity index (χ0n) is 18.0. The van der Waals surface area contributed by atoms with Gasteiger partial charge >= 0.3 is 0 Å². The van der Waals surface area contributed by atoms with Crippen LogP contribution in [0.5, 0.6) is 11.5 Å². The molecule has 0 radical (unpaired) electrons. The van der Waals surface area contributed by atoms with Gasteiger partial charge in [-0.3, -0.25) is 9.59 Å². The van der Waals surface area contributed by atoms with Crippen molar-refractivity contribution in [1.82, 2.24) is 4.90 Å². The summed E-state index contributed by atoms with van der Waals surface area (Å²) >= 11 is 0. The molecule has 1 atom stereocenters. The van der Waals surface area contributed by atoms with Crippen molar-refractivity contribution >= 4 is 23.1 Å². The first-order valence-corrected chi connectivity index (χ1v) is 11.0. The highest BCUT2D eigenvalue weighted by atomic mass is 16.5. The molecule has 2 aromatic carbocycles. The predicted octanol–water partition coefficient (Wildman–Crippen LogP) is 3.59. The molecule has 2 aromatic rings. The summed E-state index contributed by atoms with van der Waals surface area (Å²) in [6.45, 7) is 1.30. The third-order valence-electron chi connectivity index (χ3n) is 6.73. The van der Waals surface area contributed by atoms with Crippen LogP contribution in [-0.2, 0) is 9.59 Å². The lowest BCUT2D eigenvalue weighted by atomic mass is 9.94. The molecular formula is C25H26N2O5. The molecule has 0 bridgehead atoms. The lowest BCUT2D eigenvalue weighted by Crippen LogP contribution is -2.37. The molecule has 2 heterocycles. The maximum atomic E-state index is 13.2. The number of carbonyl (C=O) groups is 2. The monoisotopic (exact) mass is 434 g/mol. The molecular weight excluding hydrogens is 408 g/mol. The molecule has 1 saturated carbocycles. The van der Waals surface area contributed by atoms with E-state index in [1.54, 1.807) is 35.2 Å². The van der Waals surface area contributed by atoms with Gasteiger partial charge in [0.1, 0.15) is 23.9 Å². The van der Waals surface area contributed by atoms with E-state index >= 15 is 0 Å². The zero-order chi connectivity index (χ0) is 22.4. The van der Waals surface area contributed by atoms with Gasteiger partial charge in [-0.15, -0.1) is 0 Å². The van der Waals surface area contributed by atoms with Gasteiger partial charge in [0.05, 0.1) is 23.8 Å². The summed E-state index contributed by atoms with van der Waals surface area (Å²) in [6, 6.07) is 11.0. The molecule has 2 fully saturated rings. The number of hydrogen-bond donors (Lipinski definition) is 2. The summed E-state index contributed by atoms with van der Waals surface area (Å²) in [6.07, 6.45) is 3.69. The normalized spacial score (nSPS) is 22.8. The number of fused-ring (bicyclic) bond motifs is 1. The van der Waals surface area contributed by atoms with E-state index in [1.807, 2.05) is 11.9 Å². The van der Waals surface area contributed by atoms with Crippen LogP contribution in [0.25, 0.3) is 5.76 Å². The number of phenolic OH excluding ortho intramolecular Hbond substituents is 1. The molecule has 32 heavy (non-hydrogen) atoms. The van der Waals surface area contributed by atoms with Gasteiger partial charge < -0.3 is 24.7 Å². The average molecular weight is 434 g/mol. The molecule has 1 aliphatic carbocycles. The van der Waals surface area contributed by atoms with Crippen molar-refractivity contribution in [3.8, 4) is 11.5 Å². The molecule has 7 nitrogen and oxygen atoms in total. The maximum Gasteiger partial charge on any atom is 0.295 e. The first-order chi connectivity index (χ1) is 15.5. The van der Waals surface area contributed by atoms with Crippen LogP contribution in [0, 0.1) is 0 Å². The lowest BCUT2D eigenvalue weighted by molar-refractivity contribution is -0.141. The first-order valence-electron chi connectivity index (χ1n) is 11.0. The van der Waals surface area contributed by atoms with E-state index in [4.69, 9.17) is 4.74 Å². The number of rotatable bonds is 3. The van der Waals surface area contributed by atoms with Gasteiger partial charge in [0.15, 0.2) is 0 Å². The Morgan fingerprint density at radius 2 is 1.78 bits per heavy atom. The van der Waals surface area contributed by atoms with Crippen molar-refractivity contribution in [3.63, 3.8) is 0 Å². The number of ether oxygens (including phenoxy) is 1. The minimum atomic E-state index is -0.691. The van der Waals surface area contributed by atoms with Crippen LogP contribution in [0.2, 0.25) is 0 Å². The SMILES string of the molecule is CN1CCOc2ccc(/C(O)=C3/C(=O)C(=O)N(C4CCCC4)C3c3ccc(O)cc3)cc21. The number of amides is 1. The molecule has 0 spiro atoms. The summed E-state index contributed by atoms with van der Waals surface area (Å²) in [5, 5.41) is 21.1. The van der Waals surface area contributed by atoms with Gasteiger partial charge in [-0.05, 0) is 48.7 Å². The Balaban J connectivity index is 1.65. The number of Topliss-reactive ketones (excluding diaryl/α,β-unsaturated/α-hetero) is 1. The third-order valence-corrected chi connectivity index (χ3v) is 6.73. The number of hydrogen-bond acceptors (Lipinski definition) is 6. The number of carbonyl (C=O) groups excluding carboxylic acids is 2. The standard InChI is InChI=1S/C25H26N2O5/c1-26-12-13-32-20-11-8-16(14-19(20)26)23(29)21-22(15-6-9-18(28)10-7-15)27(25(31)24(21)30)17-4-2-3-5-17/h6-11,14,17,22,28-29H,2-5,12-13H2,1H3/b23-21-. The molecule has 2 N–H and O–H groups in total. The number of likely N-dealkylation sites (N-methyl/N-ethyl adjacent to an activating group) is 1. The van der Waals surface area contributed by atoms with Gasteiger partial charge in [0, 0.05) is 18.7 Å². The summed E-state index contributed by atoms with van der Waals surface area (Å²) in [4.78, 5) is 30.0. The number of nitrogens with zero attached hydrogens (tertiary/aromatic N) is 2. The number of benzene rings is 2. The van der Waals surface area contributed by atoms with Crippen LogP contribution in [0.15, 0.2) is 48.0 Å². The Hall–Kier alpha value is -3.48. The van der Waals surface area contributed by atoms with Crippen LogP contribution < -0.4 is 9.64 Å². The topological polar surface area (TPSA) is 90.3 Å². The molecule has 1 unspecified atom stereocenters. The second-order valence-corrected chi connectivity index (χ2v) is 8.69. The molecule has 5 rings (SSSR count). The van der Waals surface area contributed by atoms with Crippen molar-refractivity contribution < 1.29 is 24.5 Å². The van der Waals surface area contributed by atoms with Gasteiger partial charge in [-0.2, -0.15) is 0 Å². The smallest absolute Gasteiger partial charge is 0.295 e. The maximum absolute atomic E-state index is 13.2. The van der Waals surface area contributed by atoms with Crippen LogP contribution in [0.4, 0.5) is 5.69 Å². The minimum Gasteiger partial charge on any atom is -0.508 e. The third kappa shape index (κ3) is 3.28. The highest BCUT2D eigenvalue weighted by Gasteiger charge is 2.49. The summed E-state index contributed by atoms with van der Waals surface area (Å²) < 4.78 is 5.69. The molecule has 2 aliphatic heterocycles. The predicted molar refractivity (Wildman–Crippen MR) is 120 cm³/mol. The second-order valence-electron chi connectivity index (χ2n) is 8.69. The van der Waals surface area contributed by atoms with Crippen molar-refractivity contribution in [1.29, 1.82) is 0 Å². The fourth-order valence-electron chi connectivity index (χ4n) is 5.05. The van der Waals surface area contributed by atoms with Gasteiger partial charge in [0.25, 0.3) is 11.7 Å². The van der Waals surface area contributed by atoms with Crippen molar-refractivity contribution in [3.05, 3.63) is 59.2 Å². The van der Waals surface area contributed by atoms with E-state index in [2.05, 4.69) is 0 Å². The molecule has 0 aromatic heterocycles. The van der Waals surface area contributed by atoms with Gasteiger partial charge in [-0.1, -0.05) is 25.0 Å². The molecule has 1 saturated heterocycles. The van der Waals surface area contributed by atoms with Crippen LogP contribution >= 0.6 is 0 Å². The number of aromatic hydroxyl groups is 1. The number of aliphatic hydroxyl groups excluding tert-OH is 1. The van der Waals surface area contributed by atoms with E-state index in [1.165, 1.54) is 12.1 Å². The second kappa shape index (κ2) is 7.89. The van der Waals surface area contributed by atoms with E-state index in [9.17, 15) is 19.8 Å². The summed E-state index contributed by atoms with van der Waals surface area (Å²) in [5.74, 6) is -0.616. The largest absolute Gasteiger partial charge is 0.508 e. The number of likely N-dealkylation sites (tertiary alicyclic amines) is 1. The Morgan fingerprint density at radius 3 is 2.50 bits per heavy atom. The Bertz CT molecular complexity index is 1100. The zero-order valence-corrected chi connectivity index (χ0v) is 18.0. The quantitative estimate of drug-likeness (QED) is 0.436. The fourth-order valence-corrected chi connectivity index (χ4v) is 5.05. The number of ketones is 1. The highest BCUT2D eigenvalue weighted by molar-refractivity contribution is 6.46. The van der Waals surface area contributed by atoms with Gasteiger partial charge in [-0.25, -0.2) is 0 Å². The van der Waals surface area contributed by atoms with Gasteiger partial charge in [0.2, 0.25) is 0 Å².